The molecule has 2 fully saturated rings. The average molecular weight is 199 g/mol. The van der Waals surface area contributed by atoms with Crippen molar-refractivity contribution in [2.75, 3.05) is 19.8 Å². The van der Waals surface area contributed by atoms with Gasteiger partial charge in [0.2, 0.25) is 0 Å². The molecule has 0 aromatic carbocycles. The normalized spacial score (nSPS) is 32.4. The van der Waals surface area contributed by atoms with Gasteiger partial charge in [0.15, 0.2) is 0 Å². The molecule has 0 aromatic rings. The van der Waals surface area contributed by atoms with Gasteiger partial charge in [-0.1, -0.05) is 12.8 Å². The Kier molecular flexibility index (Phi) is 2.91. The second-order valence-electron chi connectivity index (χ2n) is 4.11. The van der Waals surface area contributed by atoms with Crippen LogP contribution in [-0.4, -0.2) is 41.9 Å². The standard InChI is InChI=1S/C10H17NO3/c12-6-5-11-9-4-2-1-3-8(9)7-14-10(11)13/h8-9,12H,1-7H2. The fourth-order valence-electron chi connectivity index (χ4n) is 2.55. The first-order valence-electron chi connectivity index (χ1n) is 5.37. The molecule has 14 heavy (non-hydrogen) atoms. The lowest BCUT2D eigenvalue weighted by Crippen LogP contribution is -2.53. The summed E-state index contributed by atoms with van der Waals surface area (Å²) in [6, 6.07) is 0.317. The molecule has 0 radical (unpaired) electrons. The average Bonchev–Trinajstić information content (AvgIpc) is 2.23. The summed E-state index contributed by atoms with van der Waals surface area (Å²) in [5, 5.41) is 8.88. The van der Waals surface area contributed by atoms with E-state index in [1.807, 2.05) is 0 Å². The smallest absolute Gasteiger partial charge is 0.410 e. The van der Waals surface area contributed by atoms with Gasteiger partial charge < -0.3 is 14.7 Å². The minimum atomic E-state index is -0.248. The molecule has 1 N–H and O–H groups in total. The molecular formula is C10H17NO3. The first-order valence-corrected chi connectivity index (χ1v) is 5.37. The van der Waals surface area contributed by atoms with Crippen LogP contribution < -0.4 is 0 Å². The topological polar surface area (TPSA) is 49.8 Å². The highest BCUT2D eigenvalue weighted by Crippen LogP contribution is 2.31. The Bertz CT molecular complexity index is 219. The number of hydrogen-bond acceptors (Lipinski definition) is 3. The largest absolute Gasteiger partial charge is 0.449 e. The first kappa shape index (κ1) is 9.77. The molecule has 1 heterocycles. The van der Waals surface area contributed by atoms with E-state index >= 15 is 0 Å². The van der Waals surface area contributed by atoms with Crippen molar-refractivity contribution in [3.05, 3.63) is 0 Å². The molecule has 4 heteroatoms. The highest BCUT2D eigenvalue weighted by atomic mass is 16.6. The SMILES string of the molecule is O=C1OCC2CCCCC2N1CCO. The molecule has 1 aliphatic carbocycles. The summed E-state index contributed by atoms with van der Waals surface area (Å²) in [5.41, 5.74) is 0. The number of aliphatic hydroxyl groups is 1. The summed E-state index contributed by atoms with van der Waals surface area (Å²) in [5.74, 6) is 0.494. The molecule has 1 aliphatic heterocycles. The summed E-state index contributed by atoms with van der Waals surface area (Å²) >= 11 is 0. The van der Waals surface area contributed by atoms with Gasteiger partial charge in [-0.2, -0.15) is 0 Å². The fraction of sp³-hybridized carbons (Fsp3) is 0.900. The van der Waals surface area contributed by atoms with Crippen molar-refractivity contribution in [1.82, 2.24) is 4.90 Å². The predicted molar refractivity (Wildman–Crippen MR) is 50.9 cm³/mol. The Morgan fingerprint density at radius 2 is 2.21 bits per heavy atom. The molecule has 2 aliphatic rings. The molecule has 2 unspecified atom stereocenters. The van der Waals surface area contributed by atoms with Gasteiger partial charge in [-0.15, -0.1) is 0 Å². The van der Waals surface area contributed by atoms with Crippen LogP contribution in [0.2, 0.25) is 0 Å². The maximum absolute atomic E-state index is 11.4. The van der Waals surface area contributed by atoms with E-state index in [-0.39, 0.29) is 12.7 Å². The molecule has 4 nitrogen and oxygen atoms in total. The van der Waals surface area contributed by atoms with Crippen molar-refractivity contribution in [3.63, 3.8) is 0 Å². The molecule has 1 saturated carbocycles. The Hall–Kier alpha value is -0.770. The molecule has 0 spiro atoms. The second kappa shape index (κ2) is 4.17. The third kappa shape index (κ3) is 1.71. The lowest BCUT2D eigenvalue weighted by Gasteiger charge is -2.42. The van der Waals surface area contributed by atoms with Crippen LogP contribution in [0.15, 0.2) is 0 Å². The van der Waals surface area contributed by atoms with Crippen molar-refractivity contribution in [1.29, 1.82) is 0 Å². The zero-order chi connectivity index (χ0) is 9.97. The van der Waals surface area contributed by atoms with E-state index in [1.54, 1.807) is 4.90 Å². The third-order valence-corrected chi connectivity index (χ3v) is 3.27. The zero-order valence-corrected chi connectivity index (χ0v) is 8.32. The Labute approximate surface area is 83.8 Å². The van der Waals surface area contributed by atoms with E-state index in [4.69, 9.17) is 9.84 Å². The van der Waals surface area contributed by atoms with Crippen LogP contribution in [-0.2, 0) is 4.74 Å². The molecule has 80 valence electrons. The lowest BCUT2D eigenvalue weighted by atomic mass is 9.83. The van der Waals surface area contributed by atoms with Crippen molar-refractivity contribution in [2.45, 2.75) is 31.7 Å². The van der Waals surface area contributed by atoms with Crippen LogP contribution in [0.5, 0.6) is 0 Å². The van der Waals surface area contributed by atoms with Crippen LogP contribution in [0.1, 0.15) is 25.7 Å². The number of aliphatic hydroxyl groups excluding tert-OH is 1. The molecule has 2 atom stereocenters. The van der Waals surface area contributed by atoms with E-state index in [2.05, 4.69) is 0 Å². The number of carbonyl (C=O) groups excluding carboxylic acids is 1. The van der Waals surface area contributed by atoms with Crippen molar-refractivity contribution < 1.29 is 14.6 Å². The van der Waals surface area contributed by atoms with E-state index in [9.17, 15) is 4.79 Å². The molecule has 0 bridgehead atoms. The van der Waals surface area contributed by atoms with Crippen LogP contribution in [0.3, 0.4) is 0 Å². The summed E-state index contributed by atoms with van der Waals surface area (Å²) in [7, 11) is 0. The van der Waals surface area contributed by atoms with E-state index in [0.29, 0.717) is 25.1 Å². The molecule has 2 rings (SSSR count). The number of cyclic esters (lactones) is 1. The van der Waals surface area contributed by atoms with Crippen molar-refractivity contribution >= 4 is 6.09 Å². The van der Waals surface area contributed by atoms with Crippen LogP contribution in [0.4, 0.5) is 4.79 Å². The number of carbonyl (C=O) groups is 1. The summed E-state index contributed by atoms with van der Waals surface area (Å²) in [4.78, 5) is 13.1. The van der Waals surface area contributed by atoms with E-state index in [1.165, 1.54) is 12.8 Å². The summed E-state index contributed by atoms with van der Waals surface area (Å²) < 4.78 is 5.09. The quantitative estimate of drug-likeness (QED) is 0.721. The number of ether oxygens (including phenoxy) is 1. The summed E-state index contributed by atoms with van der Waals surface area (Å²) in [6.07, 6.45) is 4.41. The number of rotatable bonds is 2. The monoisotopic (exact) mass is 199 g/mol. The highest BCUT2D eigenvalue weighted by Gasteiger charge is 2.37. The van der Waals surface area contributed by atoms with Gasteiger partial charge in [0.1, 0.15) is 0 Å². The van der Waals surface area contributed by atoms with E-state index < -0.39 is 0 Å². The van der Waals surface area contributed by atoms with Gasteiger partial charge >= 0.3 is 6.09 Å². The van der Waals surface area contributed by atoms with E-state index in [0.717, 1.165) is 12.8 Å². The van der Waals surface area contributed by atoms with Crippen molar-refractivity contribution in [2.24, 2.45) is 5.92 Å². The minimum Gasteiger partial charge on any atom is -0.449 e. The zero-order valence-electron chi connectivity index (χ0n) is 8.32. The first-order chi connectivity index (χ1) is 6.83. The predicted octanol–water partition coefficient (Wildman–Crippen LogP) is 0.990. The Morgan fingerprint density at radius 1 is 1.43 bits per heavy atom. The van der Waals surface area contributed by atoms with Crippen LogP contribution in [0, 0.1) is 5.92 Å². The second-order valence-corrected chi connectivity index (χ2v) is 4.11. The lowest BCUT2D eigenvalue weighted by molar-refractivity contribution is -0.0138. The summed E-state index contributed by atoms with van der Waals surface area (Å²) in [6.45, 7) is 1.02. The van der Waals surface area contributed by atoms with Gasteiger partial charge in [-0.3, -0.25) is 0 Å². The molecule has 0 aromatic heterocycles. The number of amides is 1. The van der Waals surface area contributed by atoms with Crippen LogP contribution in [0.25, 0.3) is 0 Å². The van der Waals surface area contributed by atoms with Gasteiger partial charge in [-0.05, 0) is 12.8 Å². The fourth-order valence-corrected chi connectivity index (χ4v) is 2.55. The van der Waals surface area contributed by atoms with Crippen LogP contribution >= 0.6 is 0 Å². The molecule has 1 amide bonds. The molecule has 1 saturated heterocycles. The Balaban J connectivity index is 2.05. The highest BCUT2D eigenvalue weighted by molar-refractivity contribution is 5.69. The van der Waals surface area contributed by atoms with Gasteiger partial charge in [0.25, 0.3) is 0 Å². The Morgan fingerprint density at radius 3 is 3.00 bits per heavy atom. The maximum Gasteiger partial charge on any atom is 0.410 e. The molecular weight excluding hydrogens is 182 g/mol. The maximum atomic E-state index is 11.4. The van der Waals surface area contributed by atoms with Gasteiger partial charge in [-0.25, -0.2) is 4.79 Å². The van der Waals surface area contributed by atoms with Gasteiger partial charge in [0.05, 0.1) is 13.2 Å². The van der Waals surface area contributed by atoms with Gasteiger partial charge in [0, 0.05) is 18.5 Å². The minimum absolute atomic E-state index is 0.0261. The number of nitrogens with zero attached hydrogens (tertiary/aromatic N) is 1. The third-order valence-electron chi connectivity index (χ3n) is 3.27. The van der Waals surface area contributed by atoms with Crippen molar-refractivity contribution in [3.8, 4) is 0 Å². The number of hydrogen-bond donors (Lipinski definition) is 1. The number of fused-ring (bicyclic) bond motifs is 1. The number of β-amino-alcohol motifs (C(OH)–C–C–N with tert-alkyl or cyclic N) is 1.